The van der Waals surface area contributed by atoms with E-state index in [1.54, 1.807) is 52.4 Å². The van der Waals surface area contributed by atoms with E-state index >= 15 is 0 Å². The average Bonchev–Trinajstić information content (AvgIpc) is 3.60. The Labute approximate surface area is 286 Å². The SMILES string of the molecule is C=CCN(C(=O)NCc1ccc(F)cc1)N1CC(=O)N2[C@@H](Cc3ccc(NS(C)(=O)=O)cc3)C(=O)N(Cc3cccc4sc(N)nc34)C[C@@H]21. The molecule has 2 aliphatic rings. The maximum absolute atomic E-state index is 14.3. The predicted molar refractivity (Wildman–Crippen MR) is 185 cm³/mol. The summed E-state index contributed by atoms with van der Waals surface area (Å²) in [7, 11) is -3.49. The highest BCUT2D eigenvalue weighted by atomic mass is 32.2. The number of carbonyl (C=O) groups excluding carboxylic acids is 3. The summed E-state index contributed by atoms with van der Waals surface area (Å²) in [6.45, 7) is 4.15. The average molecular weight is 707 g/mol. The van der Waals surface area contributed by atoms with Crippen molar-refractivity contribution >= 4 is 60.2 Å². The number of rotatable bonds is 11. The molecule has 16 heteroatoms. The molecule has 49 heavy (non-hydrogen) atoms. The largest absolute Gasteiger partial charge is 0.375 e. The maximum atomic E-state index is 14.3. The van der Waals surface area contributed by atoms with Crippen LogP contribution in [0, 0.1) is 5.82 Å². The van der Waals surface area contributed by atoms with E-state index in [4.69, 9.17) is 5.73 Å². The van der Waals surface area contributed by atoms with Crippen LogP contribution in [0.25, 0.3) is 10.2 Å². The number of hydrogen-bond acceptors (Lipinski definition) is 9. The van der Waals surface area contributed by atoms with Gasteiger partial charge in [-0.3, -0.25) is 19.3 Å². The summed E-state index contributed by atoms with van der Waals surface area (Å²) < 4.78 is 40.1. The molecule has 0 radical (unpaired) electrons. The van der Waals surface area contributed by atoms with Gasteiger partial charge in [0.05, 0.1) is 36.1 Å². The van der Waals surface area contributed by atoms with Crippen LogP contribution in [0.2, 0.25) is 0 Å². The number of anilines is 2. The van der Waals surface area contributed by atoms with Gasteiger partial charge in [-0.2, -0.15) is 5.01 Å². The van der Waals surface area contributed by atoms with E-state index in [9.17, 15) is 27.2 Å². The molecule has 3 aromatic carbocycles. The van der Waals surface area contributed by atoms with Crippen molar-refractivity contribution in [2.45, 2.75) is 31.7 Å². The Balaban J connectivity index is 1.31. The fourth-order valence-electron chi connectivity index (χ4n) is 6.19. The first-order chi connectivity index (χ1) is 23.4. The number of para-hydroxylation sites is 1. The van der Waals surface area contributed by atoms with Crippen molar-refractivity contribution in [1.29, 1.82) is 0 Å². The topological polar surface area (TPSA) is 161 Å². The molecule has 0 aliphatic carbocycles. The number of benzene rings is 3. The number of carbonyl (C=O) groups is 3. The van der Waals surface area contributed by atoms with E-state index in [1.165, 1.54) is 33.4 Å². The maximum Gasteiger partial charge on any atom is 0.332 e. The number of piperazine rings is 1. The summed E-state index contributed by atoms with van der Waals surface area (Å²) in [5, 5.41) is 6.30. The number of nitrogens with one attached hydrogen (secondary N) is 2. The second-order valence-corrected chi connectivity index (χ2v) is 14.7. The first-order valence-corrected chi connectivity index (χ1v) is 18.1. The van der Waals surface area contributed by atoms with Gasteiger partial charge in [0, 0.05) is 25.2 Å². The Kier molecular flexibility index (Phi) is 9.54. The normalized spacial score (nSPS) is 18.1. The van der Waals surface area contributed by atoms with Crippen LogP contribution >= 0.6 is 11.3 Å². The van der Waals surface area contributed by atoms with Gasteiger partial charge in [0.2, 0.25) is 21.8 Å². The third-order valence-electron chi connectivity index (χ3n) is 8.34. The van der Waals surface area contributed by atoms with E-state index in [0.717, 1.165) is 16.5 Å². The Morgan fingerprint density at radius 1 is 1.12 bits per heavy atom. The zero-order valence-corrected chi connectivity index (χ0v) is 28.2. The lowest BCUT2D eigenvalue weighted by atomic mass is 9.99. The first-order valence-electron chi connectivity index (χ1n) is 15.4. The molecule has 2 fully saturated rings. The van der Waals surface area contributed by atoms with Crippen LogP contribution in [0.3, 0.4) is 0 Å². The van der Waals surface area contributed by atoms with Crippen molar-refractivity contribution in [3.8, 4) is 0 Å². The lowest BCUT2D eigenvalue weighted by molar-refractivity contribution is -0.157. The molecule has 2 atom stereocenters. The van der Waals surface area contributed by atoms with Gasteiger partial charge in [0.25, 0.3) is 0 Å². The lowest BCUT2D eigenvalue weighted by Crippen LogP contribution is -2.66. The van der Waals surface area contributed by atoms with Crippen LogP contribution in [-0.4, -0.2) is 89.2 Å². The molecule has 4 amide bonds. The summed E-state index contributed by atoms with van der Waals surface area (Å²) in [4.78, 5) is 49.3. The van der Waals surface area contributed by atoms with Crippen molar-refractivity contribution in [2.24, 2.45) is 0 Å². The van der Waals surface area contributed by atoms with Crippen molar-refractivity contribution in [2.75, 3.05) is 36.3 Å². The molecule has 4 aromatic rings. The molecule has 2 saturated heterocycles. The molecule has 256 valence electrons. The second-order valence-electron chi connectivity index (χ2n) is 11.9. The summed E-state index contributed by atoms with van der Waals surface area (Å²) >= 11 is 1.35. The number of hydrazine groups is 1. The summed E-state index contributed by atoms with van der Waals surface area (Å²) in [5.74, 6) is -0.991. The molecule has 2 aliphatic heterocycles. The number of nitrogens with zero attached hydrogens (tertiary/aromatic N) is 5. The minimum Gasteiger partial charge on any atom is -0.375 e. The smallest absolute Gasteiger partial charge is 0.332 e. The van der Waals surface area contributed by atoms with Crippen molar-refractivity contribution < 1.29 is 27.2 Å². The number of amides is 4. The molecule has 1 aromatic heterocycles. The third kappa shape index (κ3) is 7.50. The van der Waals surface area contributed by atoms with Gasteiger partial charge in [-0.25, -0.2) is 22.6 Å². The quantitative estimate of drug-likeness (QED) is 0.201. The number of halogens is 1. The number of aromatic nitrogens is 1. The highest BCUT2D eigenvalue weighted by molar-refractivity contribution is 7.92. The van der Waals surface area contributed by atoms with Crippen LogP contribution in [0.4, 0.5) is 20.0 Å². The fourth-order valence-corrected chi connectivity index (χ4v) is 7.54. The summed E-state index contributed by atoms with van der Waals surface area (Å²) in [6, 6.07) is 16.6. The Morgan fingerprint density at radius 3 is 2.53 bits per heavy atom. The van der Waals surface area contributed by atoms with Crippen LogP contribution in [0.5, 0.6) is 0 Å². The number of sulfonamides is 1. The van der Waals surface area contributed by atoms with Crippen LogP contribution in [0.1, 0.15) is 16.7 Å². The molecule has 6 rings (SSSR count). The van der Waals surface area contributed by atoms with Gasteiger partial charge in [-0.05, 0) is 47.0 Å². The molecule has 0 bridgehead atoms. The second kappa shape index (κ2) is 13.8. The van der Waals surface area contributed by atoms with Gasteiger partial charge in [0.1, 0.15) is 18.0 Å². The molecule has 0 saturated carbocycles. The van der Waals surface area contributed by atoms with Gasteiger partial charge >= 0.3 is 6.03 Å². The number of nitrogen functional groups attached to an aromatic ring is 1. The number of nitrogens with two attached hydrogens (primary N) is 1. The zero-order chi connectivity index (χ0) is 34.9. The van der Waals surface area contributed by atoms with E-state index in [0.29, 0.717) is 27.5 Å². The zero-order valence-electron chi connectivity index (χ0n) is 26.6. The van der Waals surface area contributed by atoms with Crippen LogP contribution < -0.4 is 15.8 Å². The number of urea groups is 1. The van der Waals surface area contributed by atoms with Crippen molar-refractivity contribution in [3.63, 3.8) is 0 Å². The molecule has 13 nitrogen and oxygen atoms in total. The van der Waals surface area contributed by atoms with Gasteiger partial charge in [0.15, 0.2) is 5.13 Å². The lowest BCUT2D eigenvalue weighted by Gasteiger charge is -2.46. The molecular formula is C33H35FN8O5S2. The fraction of sp³-hybridized carbons (Fsp3) is 0.273. The van der Waals surface area contributed by atoms with E-state index in [2.05, 4.69) is 21.6 Å². The molecule has 3 heterocycles. The van der Waals surface area contributed by atoms with Crippen molar-refractivity contribution in [3.05, 3.63) is 102 Å². The monoisotopic (exact) mass is 706 g/mol. The number of thiazole rings is 1. The molecule has 4 N–H and O–H groups in total. The van der Waals surface area contributed by atoms with E-state index < -0.39 is 28.3 Å². The summed E-state index contributed by atoms with van der Waals surface area (Å²) in [6.07, 6.45) is 2.06. The Hall–Kier alpha value is -5.06. The van der Waals surface area contributed by atoms with E-state index in [-0.39, 0.29) is 56.8 Å². The standard InChI is InChI=1S/C33H35FN8O5S2/c1-3-15-40(33(45)36-17-22-7-11-24(34)12-8-22)41-20-29(43)42-26(16-21-9-13-25(14-10-21)38-49(2,46)47)31(44)39(19-28(41)42)18-23-5-4-6-27-30(23)37-32(35)48-27/h3-14,26,28,38H,1,15-20H2,2H3,(H2,35,37)(H,36,45)/t26-,28+/m0/s1. The highest BCUT2D eigenvalue weighted by Gasteiger charge is 2.52. The highest BCUT2D eigenvalue weighted by Crippen LogP contribution is 2.32. The number of hydrogen-bond donors (Lipinski definition) is 3. The molecule has 0 spiro atoms. The van der Waals surface area contributed by atoms with Crippen LogP contribution in [-0.2, 0) is 39.1 Å². The third-order valence-corrected chi connectivity index (χ3v) is 9.79. The van der Waals surface area contributed by atoms with Gasteiger partial charge < -0.3 is 20.9 Å². The van der Waals surface area contributed by atoms with E-state index in [1.807, 2.05) is 18.2 Å². The Bertz CT molecular complexity index is 2010. The minimum absolute atomic E-state index is 0.0810. The predicted octanol–water partition coefficient (Wildman–Crippen LogP) is 3.13. The Morgan fingerprint density at radius 2 is 1.84 bits per heavy atom. The summed E-state index contributed by atoms with van der Waals surface area (Å²) in [5.41, 5.74) is 9.25. The van der Waals surface area contributed by atoms with Crippen LogP contribution in [0.15, 0.2) is 79.4 Å². The van der Waals surface area contributed by atoms with Gasteiger partial charge in [-0.15, -0.1) is 6.58 Å². The molecular weight excluding hydrogens is 672 g/mol. The number of fused-ring (bicyclic) bond motifs is 2. The minimum atomic E-state index is -3.49. The van der Waals surface area contributed by atoms with Crippen molar-refractivity contribution in [1.82, 2.24) is 30.1 Å². The molecule has 0 unspecified atom stereocenters. The first kappa shape index (κ1) is 33.8. The van der Waals surface area contributed by atoms with Gasteiger partial charge in [-0.1, -0.05) is 53.8 Å².